The van der Waals surface area contributed by atoms with E-state index in [-0.39, 0.29) is 21.7 Å². The molecule has 1 aliphatic rings. The quantitative estimate of drug-likeness (QED) is 0.123. The second-order valence-corrected chi connectivity index (χ2v) is 24.8. The molecule has 1 aliphatic heterocycles. The Bertz CT molecular complexity index is 2050. The topological polar surface area (TPSA) is 54.0 Å². The van der Waals surface area contributed by atoms with Crippen molar-refractivity contribution in [2.24, 2.45) is 0 Å². The molecule has 4 aromatic rings. The average Bonchev–Trinajstić information content (AvgIpc) is 3.16. The fourth-order valence-corrected chi connectivity index (χ4v) is 11.7. The Labute approximate surface area is 384 Å². The number of fused-ring (bicyclic) bond motifs is 8. The van der Waals surface area contributed by atoms with Crippen molar-refractivity contribution < 1.29 is 23.2 Å². The zero-order valence-electron chi connectivity index (χ0n) is 39.9. The molecular weight excluding hydrogens is 833 g/mol. The summed E-state index contributed by atoms with van der Waals surface area (Å²) in [7, 11) is -1.70. The van der Waals surface area contributed by atoms with Gasteiger partial charge in [0.15, 0.2) is 0 Å². The number of ether oxygens (including phenoxy) is 4. The maximum atomic E-state index is 15.9. The van der Waals surface area contributed by atoms with Crippen LogP contribution < -0.4 is 18.9 Å². The Hall–Kier alpha value is -2.72. The highest BCUT2D eigenvalue weighted by atomic mass is 32.2. The van der Waals surface area contributed by atoms with E-state index in [1.807, 2.05) is 0 Å². The van der Waals surface area contributed by atoms with Gasteiger partial charge in [-0.1, -0.05) is 146 Å². The van der Waals surface area contributed by atoms with Crippen LogP contribution in [0.3, 0.4) is 0 Å². The Morgan fingerprint density at radius 2 is 0.590 bits per heavy atom. The summed E-state index contributed by atoms with van der Waals surface area (Å²) in [4.78, 5) is 7.22. The second kappa shape index (κ2) is 20.0. The average molecular weight is 905 g/mol. The molecule has 0 radical (unpaired) electrons. The molecule has 0 fully saturated rings. The Balaban J connectivity index is 2.06. The smallest absolute Gasteiger partial charge is 0.149 e. The van der Waals surface area contributed by atoms with Gasteiger partial charge < -0.3 is 18.9 Å². The molecule has 0 N–H and O–H groups in total. The maximum absolute atomic E-state index is 15.9. The van der Waals surface area contributed by atoms with Crippen molar-refractivity contribution in [3.63, 3.8) is 0 Å². The number of benzene rings is 4. The third-order valence-electron chi connectivity index (χ3n) is 10.4. The molecule has 0 aromatic heterocycles. The number of hydrogen-bond acceptors (Lipinski definition) is 8. The molecule has 5 nitrogen and oxygen atoms in total. The van der Waals surface area contributed by atoms with Gasteiger partial charge in [-0.25, -0.2) is 4.21 Å². The lowest BCUT2D eigenvalue weighted by Crippen LogP contribution is -2.15. The Kier molecular flexibility index (Phi) is 16.2. The molecule has 0 saturated heterocycles. The monoisotopic (exact) mass is 904 g/mol. The lowest BCUT2D eigenvalue weighted by Gasteiger charge is -2.28. The van der Waals surface area contributed by atoms with Crippen molar-refractivity contribution >= 4 is 46.1 Å². The van der Waals surface area contributed by atoms with Crippen LogP contribution in [0.1, 0.15) is 159 Å². The number of hydrogen-bond donors (Lipinski definition) is 0. The van der Waals surface area contributed by atoms with E-state index in [2.05, 4.69) is 159 Å². The molecule has 0 spiro atoms. The predicted octanol–water partition coefficient (Wildman–Crippen LogP) is 16.0. The molecule has 4 aromatic carbocycles. The Morgan fingerprint density at radius 3 is 0.820 bits per heavy atom. The van der Waals surface area contributed by atoms with E-state index in [1.165, 1.54) is 11.1 Å². The first-order chi connectivity index (χ1) is 28.5. The molecule has 0 amide bonds. The lowest BCUT2D eigenvalue weighted by atomic mass is 9.87. The SMILES string of the molecule is CCCOc1c2cc(C(C)(C)C)cc1Sc1cc(C(C)(C)C)cc(c1OCCC)S(=O)c1cc(C(C)(C)C)cc(c1OCCC)Sc1cc(C(C)(C)C)cc(c1OCCC)S2. The van der Waals surface area contributed by atoms with E-state index in [0.717, 1.165) is 77.7 Å². The van der Waals surface area contributed by atoms with Crippen LogP contribution in [-0.4, -0.2) is 30.6 Å². The largest absolute Gasteiger partial charge is 0.491 e. The maximum Gasteiger partial charge on any atom is 0.149 e. The van der Waals surface area contributed by atoms with Gasteiger partial charge in [-0.05, 0) is 118 Å². The summed E-state index contributed by atoms with van der Waals surface area (Å²) in [5.74, 6) is 2.98. The molecule has 0 atom stereocenters. The van der Waals surface area contributed by atoms with Crippen molar-refractivity contribution in [2.75, 3.05) is 26.4 Å². The second-order valence-electron chi connectivity index (χ2n) is 20.2. The van der Waals surface area contributed by atoms with E-state index in [9.17, 15) is 0 Å². The van der Waals surface area contributed by atoms with Crippen LogP contribution >= 0.6 is 35.3 Å². The summed E-state index contributed by atoms with van der Waals surface area (Å²) in [5, 5.41) is 0. The molecule has 0 saturated carbocycles. The van der Waals surface area contributed by atoms with Gasteiger partial charge in [0.25, 0.3) is 0 Å². The van der Waals surface area contributed by atoms with Gasteiger partial charge in [0.05, 0.1) is 76.4 Å². The van der Waals surface area contributed by atoms with Gasteiger partial charge in [0.1, 0.15) is 23.0 Å². The molecule has 8 bridgehead atoms. The van der Waals surface area contributed by atoms with Crippen molar-refractivity contribution in [1.82, 2.24) is 0 Å². The summed E-state index contributed by atoms with van der Waals surface area (Å²) in [5.41, 5.74) is 3.77. The molecule has 61 heavy (non-hydrogen) atoms. The summed E-state index contributed by atoms with van der Waals surface area (Å²) in [6.07, 6.45) is 3.35. The molecular formula is C52H72O5S4. The van der Waals surface area contributed by atoms with Crippen LogP contribution in [-0.2, 0) is 32.5 Å². The summed E-state index contributed by atoms with van der Waals surface area (Å²) in [6, 6.07) is 18.0. The highest BCUT2D eigenvalue weighted by molar-refractivity contribution is 8.01. The lowest BCUT2D eigenvalue weighted by molar-refractivity contribution is 0.298. The van der Waals surface area contributed by atoms with E-state index in [4.69, 9.17) is 18.9 Å². The number of rotatable bonds is 12. The molecule has 5 rings (SSSR count). The minimum Gasteiger partial charge on any atom is -0.491 e. The van der Waals surface area contributed by atoms with Gasteiger partial charge in [-0.15, -0.1) is 0 Å². The van der Waals surface area contributed by atoms with E-state index >= 15 is 4.21 Å². The van der Waals surface area contributed by atoms with Crippen LogP contribution in [0.2, 0.25) is 0 Å². The Morgan fingerprint density at radius 1 is 0.377 bits per heavy atom. The van der Waals surface area contributed by atoms with Crippen molar-refractivity contribution in [1.29, 1.82) is 0 Å². The first kappa shape index (κ1) is 49.3. The van der Waals surface area contributed by atoms with Gasteiger partial charge in [0.2, 0.25) is 0 Å². The zero-order valence-corrected chi connectivity index (χ0v) is 43.2. The fraction of sp³-hybridized carbons (Fsp3) is 0.538. The highest BCUT2D eigenvalue weighted by Crippen LogP contribution is 2.55. The van der Waals surface area contributed by atoms with Crippen LogP contribution in [0.15, 0.2) is 87.7 Å². The van der Waals surface area contributed by atoms with Crippen molar-refractivity contribution in [3.8, 4) is 23.0 Å². The van der Waals surface area contributed by atoms with E-state index in [0.29, 0.717) is 47.7 Å². The summed E-state index contributed by atoms with van der Waals surface area (Å²) in [6.45, 7) is 37.6. The molecule has 9 heteroatoms. The van der Waals surface area contributed by atoms with Crippen LogP contribution in [0.25, 0.3) is 0 Å². The van der Waals surface area contributed by atoms with E-state index < -0.39 is 10.8 Å². The molecule has 0 aliphatic carbocycles. The predicted molar refractivity (Wildman–Crippen MR) is 261 cm³/mol. The van der Waals surface area contributed by atoms with E-state index in [1.54, 1.807) is 35.3 Å². The molecule has 0 unspecified atom stereocenters. The third-order valence-corrected chi connectivity index (χ3v) is 15.0. The van der Waals surface area contributed by atoms with Gasteiger partial charge in [-0.3, -0.25) is 0 Å². The fourth-order valence-electron chi connectivity index (χ4n) is 6.63. The van der Waals surface area contributed by atoms with Crippen molar-refractivity contribution in [2.45, 2.75) is 197 Å². The summed E-state index contributed by atoms with van der Waals surface area (Å²) < 4.78 is 43.2. The van der Waals surface area contributed by atoms with Crippen LogP contribution in [0.5, 0.6) is 23.0 Å². The van der Waals surface area contributed by atoms with Gasteiger partial charge >= 0.3 is 0 Å². The van der Waals surface area contributed by atoms with Gasteiger partial charge in [0, 0.05) is 0 Å². The van der Waals surface area contributed by atoms with Crippen molar-refractivity contribution in [3.05, 3.63) is 70.8 Å². The first-order valence-corrected chi connectivity index (χ1v) is 25.8. The minimum absolute atomic E-state index is 0.158. The van der Waals surface area contributed by atoms with Crippen LogP contribution in [0, 0.1) is 0 Å². The van der Waals surface area contributed by atoms with Crippen LogP contribution in [0.4, 0.5) is 0 Å². The third kappa shape index (κ3) is 11.9. The standard InChI is InChI=1S/C52H72O5S4/c1-17-21-54-45-37-25-33(49(5,6)7)27-39(45)59-41-29-35(51(11,12)13)31-43(47(41)56-23-19-3)61(53)44-32-36(52(14,15)16)30-42(48(44)57-24-20-4)60-40-28-34(50(8,9)10)26-38(58-37)46(40)55-22-18-2/h25-32H,17-24H2,1-16H3. The molecule has 334 valence electrons. The van der Waals surface area contributed by atoms with Gasteiger partial charge in [-0.2, -0.15) is 0 Å². The first-order valence-electron chi connectivity index (χ1n) is 22.2. The normalized spacial score (nSPS) is 13.9. The summed E-state index contributed by atoms with van der Waals surface area (Å²) >= 11 is 5.04. The zero-order chi connectivity index (χ0) is 45.1. The minimum atomic E-state index is -1.70. The highest BCUT2D eigenvalue weighted by Gasteiger charge is 2.32. The molecule has 1 heterocycles.